The van der Waals surface area contributed by atoms with Crippen LogP contribution in [0.3, 0.4) is 0 Å². The van der Waals surface area contributed by atoms with E-state index in [2.05, 4.69) is 44.7 Å². The molecular formula is C20H28BrN3O2. The van der Waals surface area contributed by atoms with E-state index >= 15 is 0 Å². The lowest BCUT2D eigenvalue weighted by Crippen LogP contribution is -2.52. The average Bonchev–Trinajstić information content (AvgIpc) is 2.83. The Balaban J connectivity index is 1.68. The number of halogens is 1. The van der Waals surface area contributed by atoms with Crippen molar-refractivity contribution in [1.29, 1.82) is 0 Å². The second-order valence-corrected chi connectivity index (χ2v) is 9.00. The van der Waals surface area contributed by atoms with Crippen molar-refractivity contribution in [1.82, 2.24) is 14.5 Å². The topological polar surface area (TPSA) is 47.4 Å². The summed E-state index contributed by atoms with van der Waals surface area (Å²) in [6.45, 7) is 10.3. The lowest BCUT2D eigenvalue weighted by Gasteiger charge is -2.40. The zero-order valence-electron chi connectivity index (χ0n) is 16.1. The maximum absolute atomic E-state index is 12.1. The molecule has 26 heavy (non-hydrogen) atoms. The predicted molar refractivity (Wildman–Crippen MR) is 107 cm³/mol. The molecule has 2 aromatic heterocycles. The first-order chi connectivity index (χ1) is 12.3. The van der Waals surface area contributed by atoms with Crippen LogP contribution in [0.1, 0.15) is 46.1 Å². The van der Waals surface area contributed by atoms with Crippen molar-refractivity contribution in [2.45, 2.75) is 59.1 Å². The normalized spacial score (nSPS) is 15.3. The first kappa shape index (κ1) is 19.2. The van der Waals surface area contributed by atoms with Crippen LogP contribution in [-0.2, 0) is 17.7 Å². The second kappa shape index (κ2) is 7.59. The fraction of sp³-hybridized carbons (Fsp3) is 0.600. The summed E-state index contributed by atoms with van der Waals surface area (Å²) >= 11 is 3.49. The number of unbranched alkanes of at least 4 members (excludes halogenated alkanes) is 1. The van der Waals surface area contributed by atoms with Crippen LogP contribution in [0.2, 0.25) is 0 Å². The highest BCUT2D eigenvalue weighted by molar-refractivity contribution is 9.10. The summed E-state index contributed by atoms with van der Waals surface area (Å²) in [7, 11) is 0. The Labute approximate surface area is 163 Å². The molecule has 0 bridgehead atoms. The lowest BCUT2D eigenvalue weighted by atomic mass is 10.0. The Morgan fingerprint density at radius 3 is 2.77 bits per heavy atom. The highest BCUT2D eigenvalue weighted by atomic mass is 79.9. The predicted octanol–water partition coefficient (Wildman–Crippen LogP) is 5.01. The summed E-state index contributed by atoms with van der Waals surface area (Å²) in [6, 6.07) is 2.09. The summed E-state index contributed by atoms with van der Waals surface area (Å²) in [5.74, 6) is 0.462. The molecule has 6 heteroatoms. The third-order valence-electron chi connectivity index (χ3n) is 4.68. The van der Waals surface area contributed by atoms with Gasteiger partial charge in [-0.2, -0.15) is 0 Å². The number of amides is 1. The number of hydrogen-bond donors (Lipinski definition) is 0. The third kappa shape index (κ3) is 4.40. The molecule has 0 aliphatic carbocycles. The summed E-state index contributed by atoms with van der Waals surface area (Å²) in [5, 5.41) is 1.24. The van der Waals surface area contributed by atoms with E-state index in [1.807, 2.05) is 27.0 Å². The number of likely N-dealkylation sites (tertiary alicyclic amines) is 1. The van der Waals surface area contributed by atoms with E-state index in [1.165, 1.54) is 29.3 Å². The van der Waals surface area contributed by atoms with Gasteiger partial charge in [-0.25, -0.2) is 9.78 Å². The Hall–Kier alpha value is -1.56. The van der Waals surface area contributed by atoms with Crippen molar-refractivity contribution in [2.24, 2.45) is 5.92 Å². The molecule has 1 saturated heterocycles. The molecule has 5 nitrogen and oxygen atoms in total. The van der Waals surface area contributed by atoms with E-state index in [0.717, 1.165) is 30.7 Å². The van der Waals surface area contributed by atoms with Gasteiger partial charge in [0.1, 0.15) is 10.2 Å². The first-order valence-electron chi connectivity index (χ1n) is 9.38. The molecule has 0 spiro atoms. The molecule has 1 fully saturated rings. The van der Waals surface area contributed by atoms with Gasteiger partial charge in [0.2, 0.25) is 0 Å². The Morgan fingerprint density at radius 1 is 1.38 bits per heavy atom. The van der Waals surface area contributed by atoms with Crippen LogP contribution in [0.4, 0.5) is 4.79 Å². The average molecular weight is 422 g/mol. The fourth-order valence-corrected chi connectivity index (χ4v) is 3.71. The number of carbonyl (C=O) groups is 1. The highest BCUT2D eigenvalue weighted by Gasteiger charge is 2.34. The molecule has 0 atom stereocenters. The highest BCUT2D eigenvalue weighted by Crippen LogP contribution is 2.28. The minimum Gasteiger partial charge on any atom is -0.444 e. The Morgan fingerprint density at radius 2 is 2.12 bits per heavy atom. The molecule has 0 N–H and O–H groups in total. The minimum absolute atomic E-state index is 0.207. The van der Waals surface area contributed by atoms with E-state index < -0.39 is 5.60 Å². The molecule has 2 aromatic rings. The lowest BCUT2D eigenvalue weighted by molar-refractivity contribution is -0.00316. The summed E-state index contributed by atoms with van der Waals surface area (Å²) < 4.78 is 8.62. The molecule has 1 aliphatic rings. The standard InChI is InChI=1S/C20H28BrN3O2/c1-5-6-7-15-13-23(17-8-18(21)22-9-16(15)17)10-14-11-24(12-14)19(25)26-20(2,3)4/h8-9,13-14H,5-7,10-12H2,1-4H3. The zero-order chi connectivity index (χ0) is 18.9. The van der Waals surface area contributed by atoms with E-state index in [1.54, 1.807) is 4.90 Å². The molecular weight excluding hydrogens is 394 g/mol. The molecule has 0 radical (unpaired) electrons. The van der Waals surface area contributed by atoms with Gasteiger partial charge in [0.05, 0.1) is 5.52 Å². The summed E-state index contributed by atoms with van der Waals surface area (Å²) in [6.07, 6.45) is 7.48. The molecule has 1 amide bonds. The Kier molecular flexibility index (Phi) is 5.61. The maximum atomic E-state index is 12.1. The SMILES string of the molecule is CCCCc1cn(CC2CN(C(=O)OC(C)(C)C)C2)c2cc(Br)ncc12. The van der Waals surface area contributed by atoms with E-state index in [9.17, 15) is 4.79 Å². The van der Waals surface area contributed by atoms with Crippen molar-refractivity contribution >= 4 is 32.9 Å². The van der Waals surface area contributed by atoms with Crippen LogP contribution in [0.15, 0.2) is 23.1 Å². The largest absolute Gasteiger partial charge is 0.444 e. The van der Waals surface area contributed by atoms with Crippen LogP contribution in [0.25, 0.3) is 10.9 Å². The van der Waals surface area contributed by atoms with Crippen LogP contribution in [0.5, 0.6) is 0 Å². The second-order valence-electron chi connectivity index (χ2n) is 8.19. The fourth-order valence-electron chi connectivity index (χ4n) is 3.39. The first-order valence-corrected chi connectivity index (χ1v) is 10.2. The molecule has 0 unspecified atom stereocenters. The number of ether oxygens (including phenoxy) is 1. The van der Waals surface area contributed by atoms with Crippen LogP contribution < -0.4 is 0 Å². The van der Waals surface area contributed by atoms with Crippen molar-refractivity contribution in [3.05, 3.63) is 28.6 Å². The third-order valence-corrected chi connectivity index (χ3v) is 5.11. The van der Waals surface area contributed by atoms with E-state index in [4.69, 9.17) is 4.74 Å². The molecule has 3 rings (SSSR count). The van der Waals surface area contributed by atoms with Crippen LogP contribution in [0, 0.1) is 5.92 Å². The number of hydrogen-bond acceptors (Lipinski definition) is 3. The molecule has 0 saturated carbocycles. The van der Waals surface area contributed by atoms with Crippen LogP contribution >= 0.6 is 15.9 Å². The van der Waals surface area contributed by atoms with Gasteiger partial charge in [-0.05, 0) is 61.2 Å². The zero-order valence-corrected chi connectivity index (χ0v) is 17.7. The van der Waals surface area contributed by atoms with E-state index in [-0.39, 0.29) is 6.09 Å². The number of aryl methyl sites for hydroxylation is 1. The number of pyridine rings is 1. The Bertz CT molecular complexity index is 788. The van der Waals surface area contributed by atoms with Crippen molar-refractivity contribution in [3.63, 3.8) is 0 Å². The molecule has 1 aliphatic heterocycles. The van der Waals surface area contributed by atoms with Crippen molar-refractivity contribution in [2.75, 3.05) is 13.1 Å². The minimum atomic E-state index is -0.438. The van der Waals surface area contributed by atoms with Gasteiger partial charge in [0.25, 0.3) is 0 Å². The maximum Gasteiger partial charge on any atom is 0.410 e. The van der Waals surface area contributed by atoms with Crippen LogP contribution in [-0.4, -0.2) is 39.2 Å². The van der Waals surface area contributed by atoms with Gasteiger partial charge >= 0.3 is 6.09 Å². The number of rotatable bonds is 5. The number of aromatic nitrogens is 2. The molecule has 3 heterocycles. The monoisotopic (exact) mass is 421 g/mol. The van der Waals surface area contributed by atoms with Crippen molar-refractivity contribution < 1.29 is 9.53 Å². The quantitative estimate of drug-likeness (QED) is 0.637. The summed E-state index contributed by atoms with van der Waals surface area (Å²) in [4.78, 5) is 18.3. The number of carbonyl (C=O) groups excluding carboxylic acids is 1. The summed E-state index contributed by atoms with van der Waals surface area (Å²) in [5.41, 5.74) is 2.14. The van der Waals surface area contributed by atoms with Gasteiger partial charge in [-0.1, -0.05) is 13.3 Å². The van der Waals surface area contributed by atoms with Gasteiger partial charge in [-0.15, -0.1) is 0 Å². The van der Waals surface area contributed by atoms with Crippen molar-refractivity contribution in [3.8, 4) is 0 Å². The van der Waals surface area contributed by atoms with Gasteiger partial charge in [-0.3, -0.25) is 0 Å². The number of nitrogens with zero attached hydrogens (tertiary/aromatic N) is 3. The van der Waals surface area contributed by atoms with Gasteiger partial charge in [0.15, 0.2) is 0 Å². The smallest absolute Gasteiger partial charge is 0.410 e. The number of fused-ring (bicyclic) bond motifs is 1. The van der Waals surface area contributed by atoms with Gasteiger partial charge in [0, 0.05) is 43.3 Å². The van der Waals surface area contributed by atoms with Gasteiger partial charge < -0.3 is 14.2 Å². The van der Waals surface area contributed by atoms with E-state index in [0.29, 0.717) is 5.92 Å². The molecule has 142 valence electrons. The molecule has 0 aromatic carbocycles.